The molecule has 0 rings (SSSR count). The van der Waals surface area contributed by atoms with Gasteiger partial charge in [0.1, 0.15) is 0 Å². The molecule has 17 heavy (non-hydrogen) atoms. The lowest BCUT2D eigenvalue weighted by molar-refractivity contribution is -0.0315. The molecular formula is C14H30O3. The van der Waals surface area contributed by atoms with Crippen LogP contribution in [0.15, 0.2) is 0 Å². The smallest absolute Gasteiger partial charge is 0.0638 e. The molecule has 0 aliphatic heterocycles. The number of methoxy groups -OCH3 is 1. The summed E-state index contributed by atoms with van der Waals surface area (Å²) in [6.07, 6.45) is 3.94. The van der Waals surface area contributed by atoms with E-state index in [0.29, 0.717) is 6.10 Å². The number of aliphatic hydroxyl groups excluding tert-OH is 2. The number of rotatable bonds is 9. The monoisotopic (exact) mass is 246 g/mol. The second-order valence-electron chi connectivity index (χ2n) is 5.79. The minimum Gasteiger partial charge on any atom is -0.396 e. The van der Waals surface area contributed by atoms with E-state index in [0.717, 1.165) is 25.7 Å². The summed E-state index contributed by atoms with van der Waals surface area (Å²) in [5.41, 5.74) is -0.424. The maximum atomic E-state index is 10.2. The molecule has 0 amide bonds. The van der Waals surface area contributed by atoms with Crippen LogP contribution in [0.2, 0.25) is 0 Å². The van der Waals surface area contributed by atoms with Gasteiger partial charge in [-0.3, -0.25) is 0 Å². The second kappa shape index (κ2) is 8.06. The average Bonchev–Trinajstić information content (AvgIpc) is 2.32. The molecule has 0 radical (unpaired) electrons. The normalized spacial score (nSPS) is 17.8. The Labute approximate surface area is 106 Å². The Morgan fingerprint density at radius 3 is 2.18 bits per heavy atom. The van der Waals surface area contributed by atoms with Crippen LogP contribution in [-0.4, -0.2) is 36.1 Å². The summed E-state index contributed by atoms with van der Waals surface area (Å²) >= 11 is 0. The van der Waals surface area contributed by atoms with Crippen molar-refractivity contribution in [3.63, 3.8) is 0 Å². The van der Waals surface area contributed by atoms with E-state index in [1.54, 1.807) is 7.11 Å². The molecule has 2 N–H and O–H groups in total. The SMILES string of the molecule is CCC[C@@H](CC[C@@H](C)[C@H](O)C(C)(C)CO)OC. The minimum absolute atomic E-state index is 0.0151. The van der Waals surface area contributed by atoms with Gasteiger partial charge < -0.3 is 14.9 Å². The highest BCUT2D eigenvalue weighted by atomic mass is 16.5. The van der Waals surface area contributed by atoms with Gasteiger partial charge in [0.25, 0.3) is 0 Å². The number of aliphatic hydroxyl groups is 2. The van der Waals surface area contributed by atoms with Crippen molar-refractivity contribution in [2.45, 2.75) is 65.6 Å². The summed E-state index contributed by atoms with van der Waals surface area (Å²) in [5.74, 6) is 0.187. The van der Waals surface area contributed by atoms with Gasteiger partial charge in [-0.25, -0.2) is 0 Å². The van der Waals surface area contributed by atoms with Gasteiger partial charge in [-0.2, -0.15) is 0 Å². The van der Waals surface area contributed by atoms with E-state index >= 15 is 0 Å². The molecule has 0 bridgehead atoms. The Hall–Kier alpha value is -0.120. The fourth-order valence-corrected chi connectivity index (χ4v) is 2.17. The third kappa shape index (κ3) is 5.84. The van der Waals surface area contributed by atoms with E-state index in [-0.39, 0.29) is 12.5 Å². The van der Waals surface area contributed by atoms with Crippen LogP contribution in [0, 0.1) is 11.3 Å². The zero-order chi connectivity index (χ0) is 13.5. The van der Waals surface area contributed by atoms with Gasteiger partial charge in [0.2, 0.25) is 0 Å². The number of hydrogen-bond acceptors (Lipinski definition) is 3. The second-order valence-corrected chi connectivity index (χ2v) is 5.79. The van der Waals surface area contributed by atoms with Crippen LogP contribution in [0.5, 0.6) is 0 Å². The average molecular weight is 246 g/mol. The van der Waals surface area contributed by atoms with E-state index < -0.39 is 11.5 Å². The van der Waals surface area contributed by atoms with Crippen molar-refractivity contribution in [1.82, 2.24) is 0 Å². The molecule has 0 saturated heterocycles. The molecule has 3 nitrogen and oxygen atoms in total. The summed E-state index contributed by atoms with van der Waals surface area (Å²) in [4.78, 5) is 0. The van der Waals surface area contributed by atoms with Gasteiger partial charge in [0, 0.05) is 12.5 Å². The van der Waals surface area contributed by atoms with E-state index in [2.05, 4.69) is 6.92 Å². The quantitative estimate of drug-likeness (QED) is 0.657. The van der Waals surface area contributed by atoms with Crippen LogP contribution in [0.4, 0.5) is 0 Å². The Morgan fingerprint density at radius 1 is 1.18 bits per heavy atom. The lowest BCUT2D eigenvalue weighted by Gasteiger charge is -2.33. The Bertz CT molecular complexity index is 192. The molecule has 0 heterocycles. The van der Waals surface area contributed by atoms with Crippen molar-refractivity contribution in [3.05, 3.63) is 0 Å². The van der Waals surface area contributed by atoms with Crippen LogP contribution in [0.1, 0.15) is 53.4 Å². The van der Waals surface area contributed by atoms with Gasteiger partial charge >= 0.3 is 0 Å². The zero-order valence-electron chi connectivity index (χ0n) is 12.1. The first kappa shape index (κ1) is 16.9. The van der Waals surface area contributed by atoms with Crippen LogP contribution in [-0.2, 0) is 4.74 Å². The molecule has 0 fully saturated rings. The zero-order valence-corrected chi connectivity index (χ0v) is 12.1. The van der Waals surface area contributed by atoms with Crippen molar-refractivity contribution in [2.75, 3.05) is 13.7 Å². The highest BCUT2D eigenvalue weighted by Crippen LogP contribution is 2.28. The first-order chi connectivity index (χ1) is 7.88. The number of hydrogen-bond donors (Lipinski definition) is 2. The highest BCUT2D eigenvalue weighted by Gasteiger charge is 2.31. The first-order valence-electron chi connectivity index (χ1n) is 6.70. The first-order valence-corrected chi connectivity index (χ1v) is 6.70. The molecule has 0 saturated carbocycles. The minimum atomic E-state index is -0.466. The topological polar surface area (TPSA) is 49.7 Å². The molecule has 0 aromatic rings. The summed E-state index contributed by atoms with van der Waals surface area (Å²) < 4.78 is 5.40. The Kier molecular flexibility index (Phi) is 8.01. The highest BCUT2D eigenvalue weighted by molar-refractivity contribution is 4.81. The molecule has 0 aliphatic rings. The maximum Gasteiger partial charge on any atom is 0.0638 e. The van der Waals surface area contributed by atoms with E-state index in [1.807, 2.05) is 20.8 Å². The lowest BCUT2D eigenvalue weighted by Crippen LogP contribution is -2.38. The third-order valence-electron chi connectivity index (χ3n) is 3.64. The summed E-state index contributed by atoms with van der Waals surface area (Å²) in [6, 6.07) is 0. The maximum absolute atomic E-state index is 10.2. The van der Waals surface area contributed by atoms with Gasteiger partial charge in [-0.1, -0.05) is 34.1 Å². The van der Waals surface area contributed by atoms with Gasteiger partial charge in [0.05, 0.1) is 18.8 Å². The third-order valence-corrected chi connectivity index (χ3v) is 3.64. The standard InChI is InChI=1S/C14H30O3/c1-6-7-12(17-5)9-8-11(2)13(16)14(3,4)10-15/h11-13,15-16H,6-10H2,1-5H3/t11-,12+,13+/m1/s1. The van der Waals surface area contributed by atoms with Gasteiger partial charge in [-0.05, 0) is 25.2 Å². The largest absolute Gasteiger partial charge is 0.396 e. The molecule has 0 spiro atoms. The Balaban J connectivity index is 4.12. The summed E-state index contributed by atoms with van der Waals surface area (Å²) in [7, 11) is 1.75. The van der Waals surface area contributed by atoms with Gasteiger partial charge in [-0.15, -0.1) is 0 Å². The van der Waals surface area contributed by atoms with Gasteiger partial charge in [0.15, 0.2) is 0 Å². The molecule has 3 heteroatoms. The van der Waals surface area contributed by atoms with Crippen molar-refractivity contribution in [1.29, 1.82) is 0 Å². The van der Waals surface area contributed by atoms with Crippen LogP contribution < -0.4 is 0 Å². The predicted molar refractivity (Wildman–Crippen MR) is 71.0 cm³/mol. The fourth-order valence-electron chi connectivity index (χ4n) is 2.17. The molecule has 0 aliphatic carbocycles. The lowest BCUT2D eigenvalue weighted by atomic mass is 9.79. The van der Waals surface area contributed by atoms with Crippen molar-refractivity contribution in [2.24, 2.45) is 11.3 Å². The molecule has 0 aromatic carbocycles. The van der Waals surface area contributed by atoms with E-state index in [9.17, 15) is 10.2 Å². The predicted octanol–water partition coefficient (Wildman–Crippen LogP) is 2.60. The van der Waals surface area contributed by atoms with Crippen LogP contribution in [0.25, 0.3) is 0 Å². The van der Waals surface area contributed by atoms with Crippen molar-refractivity contribution in [3.8, 4) is 0 Å². The van der Waals surface area contributed by atoms with E-state index in [1.165, 1.54) is 0 Å². The molecule has 0 unspecified atom stereocenters. The molecular weight excluding hydrogens is 216 g/mol. The van der Waals surface area contributed by atoms with Crippen molar-refractivity contribution >= 4 is 0 Å². The molecule has 0 aromatic heterocycles. The Morgan fingerprint density at radius 2 is 1.76 bits per heavy atom. The van der Waals surface area contributed by atoms with E-state index in [4.69, 9.17) is 4.74 Å². The van der Waals surface area contributed by atoms with Crippen molar-refractivity contribution < 1.29 is 14.9 Å². The summed E-state index contributed by atoms with van der Waals surface area (Å²) in [5, 5.41) is 19.4. The summed E-state index contributed by atoms with van der Waals surface area (Å²) in [6.45, 7) is 8.00. The molecule has 104 valence electrons. The number of ether oxygens (including phenoxy) is 1. The fraction of sp³-hybridized carbons (Fsp3) is 1.00. The van der Waals surface area contributed by atoms with Crippen LogP contribution in [0.3, 0.4) is 0 Å². The van der Waals surface area contributed by atoms with Crippen LogP contribution >= 0.6 is 0 Å². The molecule has 3 atom stereocenters.